The van der Waals surface area contributed by atoms with E-state index >= 15 is 0 Å². The van der Waals surface area contributed by atoms with Gasteiger partial charge in [-0.15, -0.1) is 0 Å². The zero-order valence-electron chi connectivity index (χ0n) is 10.3. The smallest absolute Gasteiger partial charge is 0.100 e. The van der Waals surface area contributed by atoms with Crippen molar-refractivity contribution >= 4 is 11.6 Å². The van der Waals surface area contributed by atoms with E-state index in [1.54, 1.807) is 18.3 Å². The molecule has 3 atom stereocenters. The van der Waals surface area contributed by atoms with Crippen LogP contribution in [0.25, 0.3) is 0 Å². The van der Waals surface area contributed by atoms with Crippen LogP contribution in [-0.4, -0.2) is 10.1 Å². The van der Waals surface area contributed by atoms with Crippen LogP contribution in [0.4, 0.5) is 0 Å². The first-order chi connectivity index (χ1) is 8.22. The fraction of sp³-hybridized carbons (Fsp3) is 0.643. The van der Waals surface area contributed by atoms with Gasteiger partial charge in [-0.25, -0.2) is 0 Å². The van der Waals surface area contributed by atoms with Crippen LogP contribution < -0.4 is 0 Å². The third-order valence-electron chi connectivity index (χ3n) is 3.91. The molecule has 3 heteroatoms. The van der Waals surface area contributed by atoms with E-state index in [2.05, 4.69) is 11.9 Å². The maximum atomic E-state index is 10.4. The third kappa shape index (κ3) is 2.99. The number of aliphatic hydroxyl groups is 1. The van der Waals surface area contributed by atoms with Gasteiger partial charge in [0.05, 0.1) is 10.7 Å². The molecule has 1 N–H and O–H groups in total. The minimum Gasteiger partial charge on any atom is -0.386 e. The first kappa shape index (κ1) is 12.8. The van der Waals surface area contributed by atoms with Crippen molar-refractivity contribution < 1.29 is 5.11 Å². The Balaban J connectivity index is 2.09. The highest BCUT2D eigenvalue weighted by molar-refractivity contribution is 6.31. The van der Waals surface area contributed by atoms with E-state index in [0.717, 1.165) is 18.8 Å². The highest BCUT2D eigenvalue weighted by Gasteiger charge is 2.29. The van der Waals surface area contributed by atoms with Gasteiger partial charge < -0.3 is 5.11 Å². The van der Waals surface area contributed by atoms with E-state index < -0.39 is 6.10 Å². The molecule has 2 rings (SSSR count). The van der Waals surface area contributed by atoms with Crippen LogP contribution >= 0.6 is 11.6 Å². The zero-order chi connectivity index (χ0) is 12.3. The molecule has 1 saturated carbocycles. The Morgan fingerprint density at radius 3 is 3.06 bits per heavy atom. The molecule has 94 valence electrons. The number of hydrogen-bond acceptors (Lipinski definition) is 2. The quantitative estimate of drug-likeness (QED) is 0.884. The van der Waals surface area contributed by atoms with Crippen LogP contribution in [0, 0.1) is 11.8 Å². The highest BCUT2D eigenvalue weighted by Crippen LogP contribution is 2.39. The molecule has 1 aliphatic rings. The predicted molar refractivity (Wildman–Crippen MR) is 69.9 cm³/mol. The number of hydrogen-bond donors (Lipinski definition) is 1. The van der Waals surface area contributed by atoms with Crippen molar-refractivity contribution in [2.75, 3.05) is 0 Å². The van der Waals surface area contributed by atoms with Crippen LogP contribution in [0.2, 0.25) is 5.02 Å². The first-order valence-electron chi connectivity index (χ1n) is 6.50. The van der Waals surface area contributed by atoms with E-state index in [-0.39, 0.29) is 0 Å². The second kappa shape index (κ2) is 5.83. The molecule has 0 spiro atoms. The van der Waals surface area contributed by atoms with Gasteiger partial charge in [-0.2, -0.15) is 0 Å². The van der Waals surface area contributed by atoms with E-state index in [4.69, 9.17) is 11.6 Å². The number of aliphatic hydroxyl groups excluding tert-OH is 1. The Morgan fingerprint density at radius 1 is 1.53 bits per heavy atom. The average Bonchev–Trinajstić information content (AvgIpc) is 2.38. The molecule has 1 aliphatic carbocycles. The van der Waals surface area contributed by atoms with E-state index in [9.17, 15) is 5.11 Å². The standard InChI is InChI=1S/C14H20ClNO/c1-2-10-5-3-6-11(9-10)14(17)13-12(15)7-4-8-16-13/h4,7-8,10-11,14,17H,2-3,5-6,9H2,1H3. The molecule has 0 aromatic carbocycles. The van der Waals surface area contributed by atoms with Gasteiger partial charge in [0.25, 0.3) is 0 Å². The second-order valence-corrected chi connectivity index (χ2v) is 5.42. The lowest BCUT2D eigenvalue weighted by atomic mass is 9.77. The van der Waals surface area contributed by atoms with Gasteiger partial charge in [0.1, 0.15) is 6.10 Å². The summed E-state index contributed by atoms with van der Waals surface area (Å²) in [7, 11) is 0. The number of pyridine rings is 1. The number of aromatic nitrogens is 1. The van der Waals surface area contributed by atoms with Crippen molar-refractivity contribution in [1.82, 2.24) is 4.98 Å². The fourth-order valence-corrected chi connectivity index (χ4v) is 3.06. The summed E-state index contributed by atoms with van der Waals surface area (Å²) in [5, 5.41) is 11.0. The van der Waals surface area contributed by atoms with E-state index in [0.29, 0.717) is 16.6 Å². The van der Waals surface area contributed by atoms with Crippen molar-refractivity contribution in [3.05, 3.63) is 29.0 Å². The highest BCUT2D eigenvalue weighted by atomic mass is 35.5. The van der Waals surface area contributed by atoms with Gasteiger partial charge in [0.2, 0.25) is 0 Å². The Labute approximate surface area is 108 Å². The third-order valence-corrected chi connectivity index (χ3v) is 4.23. The van der Waals surface area contributed by atoms with Crippen LogP contribution in [0.5, 0.6) is 0 Å². The van der Waals surface area contributed by atoms with Gasteiger partial charge >= 0.3 is 0 Å². The molecule has 1 fully saturated rings. The normalized spacial score (nSPS) is 26.8. The summed E-state index contributed by atoms with van der Waals surface area (Å²) in [5.41, 5.74) is 0.649. The van der Waals surface area contributed by atoms with Crippen LogP contribution in [0.15, 0.2) is 18.3 Å². The lowest BCUT2D eigenvalue weighted by Gasteiger charge is -2.31. The van der Waals surface area contributed by atoms with Crippen LogP contribution in [-0.2, 0) is 0 Å². The Morgan fingerprint density at radius 2 is 2.35 bits per heavy atom. The SMILES string of the molecule is CCC1CCCC(C(O)c2ncccc2Cl)C1. The molecule has 0 radical (unpaired) electrons. The molecular weight excluding hydrogens is 234 g/mol. The fourth-order valence-electron chi connectivity index (χ4n) is 2.83. The minimum absolute atomic E-state index is 0.320. The van der Waals surface area contributed by atoms with Gasteiger partial charge in [-0.3, -0.25) is 4.98 Å². The summed E-state index contributed by atoms with van der Waals surface area (Å²) >= 11 is 6.09. The molecule has 0 bridgehead atoms. The second-order valence-electron chi connectivity index (χ2n) is 5.02. The summed E-state index contributed by atoms with van der Waals surface area (Å²) < 4.78 is 0. The van der Waals surface area contributed by atoms with Crippen molar-refractivity contribution in [1.29, 1.82) is 0 Å². The number of halogens is 1. The molecule has 17 heavy (non-hydrogen) atoms. The van der Waals surface area contributed by atoms with Gasteiger partial charge in [-0.05, 0) is 36.8 Å². The molecule has 1 aromatic heterocycles. The van der Waals surface area contributed by atoms with Crippen LogP contribution in [0.3, 0.4) is 0 Å². The largest absolute Gasteiger partial charge is 0.386 e. The van der Waals surface area contributed by atoms with Crippen LogP contribution in [0.1, 0.15) is 50.8 Å². The molecule has 0 saturated heterocycles. The Kier molecular flexibility index (Phi) is 4.41. The van der Waals surface area contributed by atoms with E-state index in [1.807, 2.05) is 0 Å². The maximum Gasteiger partial charge on any atom is 0.100 e. The van der Waals surface area contributed by atoms with E-state index in [1.165, 1.54) is 19.3 Å². The van der Waals surface area contributed by atoms with Gasteiger partial charge in [-0.1, -0.05) is 37.8 Å². The Hall–Kier alpha value is -0.600. The Bertz CT molecular complexity index is 369. The van der Waals surface area contributed by atoms with Crippen molar-refractivity contribution in [3.8, 4) is 0 Å². The number of nitrogens with zero attached hydrogens (tertiary/aromatic N) is 1. The number of rotatable bonds is 3. The summed E-state index contributed by atoms with van der Waals surface area (Å²) in [6.45, 7) is 2.23. The van der Waals surface area contributed by atoms with Crippen molar-refractivity contribution in [2.45, 2.75) is 45.1 Å². The molecule has 3 unspecified atom stereocenters. The summed E-state index contributed by atoms with van der Waals surface area (Å²) in [5.74, 6) is 1.08. The molecule has 0 aliphatic heterocycles. The summed E-state index contributed by atoms with van der Waals surface area (Å²) in [6, 6.07) is 3.60. The molecule has 0 amide bonds. The molecule has 1 aromatic rings. The van der Waals surface area contributed by atoms with Gasteiger partial charge in [0, 0.05) is 6.20 Å². The summed E-state index contributed by atoms with van der Waals surface area (Å²) in [4.78, 5) is 4.22. The first-order valence-corrected chi connectivity index (χ1v) is 6.88. The van der Waals surface area contributed by atoms with Crippen molar-refractivity contribution in [2.24, 2.45) is 11.8 Å². The minimum atomic E-state index is -0.502. The topological polar surface area (TPSA) is 33.1 Å². The van der Waals surface area contributed by atoms with Crippen molar-refractivity contribution in [3.63, 3.8) is 0 Å². The molecule has 2 nitrogen and oxygen atoms in total. The monoisotopic (exact) mass is 253 g/mol. The summed E-state index contributed by atoms with van der Waals surface area (Å²) in [6.07, 6.45) is 7.11. The average molecular weight is 254 g/mol. The van der Waals surface area contributed by atoms with Gasteiger partial charge in [0.15, 0.2) is 0 Å². The predicted octanol–water partition coefficient (Wildman–Crippen LogP) is 3.98. The maximum absolute atomic E-state index is 10.4. The lowest BCUT2D eigenvalue weighted by molar-refractivity contribution is 0.0646. The lowest BCUT2D eigenvalue weighted by Crippen LogP contribution is -2.22. The zero-order valence-corrected chi connectivity index (χ0v) is 11.0. The molecular formula is C14H20ClNO. The molecule has 1 heterocycles.